The van der Waals surface area contributed by atoms with Gasteiger partial charge in [-0.05, 0) is 153 Å². The lowest BCUT2D eigenvalue weighted by Crippen LogP contribution is -1.95. The molecule has 0 aliphatic carbocycles. The molecule has 0 spiro atoms. The van der Waals surface area contributed by atoms with E-state index in [0.29, 0.717) is 0 Å². The highest BCUT2D eigenvalue weighted by atomic mass is 14.8. The second-order valence-corrected chi connectivity index (χ2v) is 14.8. The highest BCUT2D eigenvalue weighted by Crippen LogP contribution is 2.40. The zero-order chi connectivity index (χ0) is 38.5. The van der Waals surface area contributed by atoms with Crippen LogP contribution in [0.3, 0.4) is 0 Å². The molecule has 270 valence electrons. The predicted octanol–water partition coefficient (Wildman–Crippen LogP) is 11.7. The quantitative estimate of drug-likeness (QED) is 0.178. The van der Waals surface area contributed by atoms with Crippen LogP contribution in [0.5, 0.6) is 0 Å². The van der Waals surface area contributed by atoms with Crippen molar-refractivity contribution < 1.29 is 0 Å². The zero-order valence-electron chi connectivity index (χ0n) is 32.3. The normalized spacial score (nSPS) is 11.8. The third-order valence-corrected chi connectivity index (χ3v) is 10.6. The van der Waals surface area contributed by atoms with Gasteiger partial charge in [0.05, 0.1) is 33.9 Å². The van der Waals surface area contributed by atoms with Crippen LogP contribution in [0.15, 0.2) is 97.6 Å². The highest BCUT2D eigenvalue weighted by molar-refractivity contribution is 5.99. The Kier molecular flexibility index (Phi) is 8.63. The average molecular weight is 725 g/mol. The summed E-state index contributed by atoms with van der Waals surface area (Å²) in [6.07, 6.45) is 15.7. The van der Waals surface area contributed by atoms with E-state index in [1.165, 1.54) is 33.4 Å². The lowest BCUT2D eigenvalue weighted by molar-refractivity contribution is 1.27. The van der Waals surface area contributed by atoms with Crippen molar-refractivity contribution in [3.63, 3.8) is 0 Å². The highest BCUT2D eigenvalue weighted by Gasteiger charge is 2.21. The van der Waals surface area contributed by atoms with Gasteiger partial charge < -0.3 is 9.97 Å². The van der Waals surface area contributed by atoms with Gasteiger partial charge in [-0.15, -0.1) is 0 Å². The van der Waals surface area contributed by atoms with E-state index in [9.17, 15) is 0 Å². The smallest absolute Gasteiger partial charge is 0.0815 e. The summed E-state index contributed by atoms with van der Waals surface area (Å²) in [6.45, 7) is 13.0. The fourth-order valence-electron chi connectivity index (χ4n) is 8.40. The molecule has 0 unspecified atom stereocenters. The first-order valence-electron chi connectivity index (χ1n) is 18.9. The van der Waals surface area contributed by atoms with Crippen molar-refractivity contribution in [1.82, 2.24) is 29.9 Å². The molecule has 0 fully saturated rings. The van der Waals surface area contributed by atoms with E-state index in [1.54, 1.807) is 12.4 Å². The van der Waals surface area contributed by atoms with Crippen molar-refractivity contribution in [2.75, 3.05) is 0 Å². The molecule has 8 bridgehead atoms. The molecule has 2 aromatic carbocycles. The number of nitrogens with zero attached hydrogens (tertiary/aromatic N) is 4. The first-order valence-corrected chi connectivity index (χ1v) is 18.9. The van der Waals surface area contributed by atoms with Gasteiger partial charge in [-0.2, -0.15) is 0 Å². The van der Waals surface area contributed by atoms with Gasteiger partial charge in [-0.3, -0.25) is 9.97 Å². The number of fused-ring (bicyclic) bond motifs is 8. The second-order valence-electron chi connectivity index (χ2n) is 14.8. The first kappa shape index (κ1) is 34.7. The van der Waals surface area contributed by atoms with E-state index in [2.05, 4.69) is 146 Å². The van der Waals surface area contributed by atoms with Crippen LogP contribution < -0.4 is 0 Å². The lowest BCUT2D eigenvalue weighted by Gasteiger charge is -2.13. The molecule has 0 atom stereocenters. The number of pyridine rings is 2. The van der Waals surface area contributed by atoms with Crippen LogP contribution in [0.1, 0.15) is 67.3 Å². The summed E-state index contributed by atoms with van der Waals surface area (Å²) in [5, 5.41) is 0. The molecule has 7 aromatic rings. The van der Waals surface area contributed by atoms with Crippen LogP contribution in [0.2, 0.25) is 0 Å². The fourth-order valence-corrected chi connectivity index (χ4v) is 8.40. The van der Waals surface area contributed by atoms with Gasteiger partial charge >= 0.3 is 0 Å². The number of hydrogen-bond acceptors (Lipinski definition) is 4. The van der Waals surface area contributed by atoms with Crippen molar-refractivity contribution in [2.24, 2.45) is 0 Å². The molecule has 0 saturated heterocycles. The van der Waals surface area contributed by atoms with Crippen molar-refractivity contribution in [3.05, 3.63) is 165 Å². The Labute approximate surface area is 326 Å². The SMILES string of the molecule is Cc1cc(C)c(-c2c3nc(c(-c4ccncc4)c4ccc([nH]4)c(-c4c(C)cc(C)cc4C)c4nc(c(C#Cc5ccncc5)c5ccc2[nH]5)C=C4)C=C3)c(C)c1. The summed E-state index contributed by atoms with van der Waals surface area (Å²) in [5.41, 5.74) is 22.4. The molecule has 0 saturated carbocycles. The van der Waals surface area contributed by atoms with Gasteiger partial charge in [-0.1, -0.05) is 47.2 Å². The maximum absolute atomic E-state index is 5.45. The van der Waals surface area contributed by atoms with Gasteiger partial charge in [0.2, 0.25) is 0 Å². The molecule has 2 aliphatic rings. The van der Waals surface area contributed by atoms with Crippen molar-refractivity contribution in [2.45, 2.75) is 41.5 Å². The Balaban J connectivity index is 1.48. The van der Waals surface area contributed by atoms with E-state index in [-0.39, 0.29) is 0 Å². The molecule has 5 aromatic heterocycles. The third-order valence-electron chi connectivity index (χ3n) is 10.6. The van der Waals surface area contributed by atoms with E-state index in [4.69, 9.17) is 9.97 Å². The summed E-state index contributed by atoms with van der Waals surface area (Å²) in [4.78, 5) is 27.1. The van der Waals surface area contributed by atoms with Gasteiger partial charge in [0, 0.05) is 63.6 Å². The number of nitrogens with one attached hydrogen (secondary N) is 2. The van der Waals surface area contributed by atoms with Crippen LogP contribution >= 0.6 is 0 Å². The summed E-state index contributed by atoms with van der Waals surface area (Å²) >= 11 is 0. The van der Waals surface area contributed by atoms with Crippen molar-refractivity contribution in [3.8, 4) is 45.2 Å². The molecule has 0 radical (unpaired) electrons. The van der Waals surface area contributed by atoms with Crippen LogP contribution in [0.4, 0.5) is 0 Å². The minimum absolute atomic E-state index is 0.788. The standard InChI is InChI=1S/C50H40N6/c1-29-25-31(3)46(32(4)26-29)49-42-11-9-38(53-42)37(8-7-35-17-21-51-22-18-35)39-10-12-43(54-39)50(47-33(5)27-30(2)28-34(47)6)45-16-14-41(56-45)48(36-19-23-52-24-20-36)40-13-15-44(49)55-40/h9-28,53,56H,1-6H3. The Morgan fingerprint density at radius 2 is 0.821 bits per heavy atom. The lowest BCUT2D eigenvalue weighted by atomic mass is 9.92. The van der Waals surface area contributed by atoms with Crippen LogP contribution in [0, 0.1) is 53.4 Å². The molecule has 6 heteroatoms. The Bertz CT molecular complexity index is 2920. The topological polar surface area (TPSA) is 83.1 Å². The van der Waals surface area contributed by atoms with Gasteiger partial charge in [0.15, 0.2) is 0 Å². The number of aromatic amines is 2. The van der Waals surface area contributed by atoms with Crippen LogP contribution in [-0.2, 0) is 0 Å². The van der Waals surface area contributed by atoms with E-state index >= 15 is 0 Å². The maximum atomic E-state index is 5.45. The minimum Gasteiger partial charge on any atom is -0.354 e. The number of hydrogen-bond donors (Lipinski definition) is 2. The van der Waals surface area contributed by atoms with E-state index in [1.807, 2.05) is 36.7 Å². The fraction of sp³-hybridized carbons (Fsp3) is 0.120. The Morgan fingerprint density at radius 1 is 0.411 bits per heavy atom. The molecule has 2 N–H and O–H groups in total. The summed E-state index contributed by atoms with van der Waals surface area (Å²) in [5.74, 6) is 6.91. The van der Waals surface area contributed by atoms with Gasteiger partial charge in [-0.25, -0.2) is 9.97 Å². The van der Waals surface area contributed by atoms with Gasteiger partial charge in [0.25, 0.3) is 0 Å². The predicted molar refractivity (Wildman–Crippen MR) is 232 cm³/mol. The molecule has 56 heavy (non-hydrogen) atoms. The second kappa shape index (κ2) is 14.0. The summed E-state index contributed by atoms with van der Waals surface area (Å²) < 4.78 is 0. The largest absolute Gasteiger partial charge is 0.354 e. The minimum atomic E-state index is 0.788. The molecule has 7 heterocycles. The molecule has 6 nitrogen and oxygen atoms in total. The molecule has 2 aliphatic heterocycles. The number of aryl methyl sites for hydroxylation is 6. The number of aromatic nitrogens is 6. The van der Waals surface area contributed by atoms with Crippen LogP contribution in [0.25, 0.3) is 79.8 Å². The monoisotopic (exact) mass is 724 g/mol. The van der Waals surface area contributed by atoms with Crippen molar-refractivity contribution >= 4 is 46.4 Å². The Hall–Kier alpha value is -7.10. The zero-order valence-corrected chi connectivity index (χ0v) is 32.3. The van der Waals surface area contributed by atoms with E-state index in [0.717, 1.165) is 89.4 Å². The number of benzene rings is 2. The first-order chi connectivity index (χ1) is 27.2. The Morgan fingerprint density at radius 3 is 1.36 bits per heavy atom. The third kappa shape index (κ3) is 6.23. The molecule has 9 rings (SSSR count). The van der Waals surface area contributed by atoms with Crippen LogP contribution in [-0.4, -0.2) is 29.9 Å². The average Bonchev–Trinajstić information content (AvgIpc) is 4.02. The maximum Gasteiger partial charge on any atom is 0.0815 e. The molecular weight excluding hydrogens is 685 g/mol. The van der Waals surface area contributed by atoms with E-state index < -0.39 is 0 Å². The molecule has 0 amide bonds. The summed E-state index contributed by atoms with van der Waals surface area (Å²) in [7, 11) is 0. The number of H-pyrrole nitrogens is 2. The van der Waals surface area contributed by atoms with Gasteiger partial charge in [0.1, 0.15) is 0 Å². The summed E-state index contributed by atoms with van der Waals surface area (Å²) in [6, 6.07) is 25.5. The number of rotatable bonds is 3. The van der Waals surface area contributed by atoms with Crippen molar-refractivity contribution in [1.29, 1.82) is 0 Å². The molecular formula is C50H40N6.